The van der Waals surface area contributed by atoms with Crippen LogP contribution < -0.4 is 11.0 Å². The number of amides is 1. The van der Waals surface area contributed by atoms with Gasteiger partial charge in [-0.25, -0.2) is 4.79 Å². The summed E-state index contributed by atoms with van der Waals surface area (Å²) in [6, 6.07) is 0. The van der Waals surface area contributed by atoms with Gasteiger partial charge >= 0.3 is 5.69 Å². The maximum atomic E-state index is 12.7. The number of hydrogen-bond acceptors (Lipinski definition) is 7. The molecule has 0 aromatic carbocycles. The fourth-order valence-electron chi connectivity index (χ4n) is 3.85. The van der Waals surface area contributed by atoms with E-state index >= 15 is 0 Å². The third kappa shape index (κ3) is 6.53. The van der Waals surface area contributed by atoms with Crippen LogP contribution in [0.3, 0.4) is 0 Å². The predicted octanol–water partition coefficient (Wildman–Crippen LogP) is 0.699. The van der Waals surface area contributed by atoms with Crippen LogP contribution in [0.4, 0.5) is 0 Å². The summed E-state index contributed by atoms with van der Waals surface area (Å²) in [5.74, 6) is 0.206. The number of fused-ring (bicyclic) bond motifs is 1. The molecule has 2 aliphatic rings. The van der Waals surface area contributed by atoms with Crippen molar-refractivity contribution in [2.75, 3.05) is 58.9 Å². The average molecular weight is 425 g/mol. The van der Waals surface area contributed by atoms with E-state index in [1.165, 1.54) is 11.8 Å². The third-order valence-electron chi connectivity index (χ3n) is 5.38. The number of rotatable bonds is 10. The van der Waals surface area contributed by atoms with Gasteiger partial charge in [-0.1, -0.05) is 11.8 Å². The van der Waals surface area contributed by atoms with Crippen LogP contribution >= 0.6 is 11.8 Å². The number of ether oxygens (including phenoxy) is 2. The van der Waals surface area contributed by atoms with Crippen molar-refractivity contribution in [1.82, 2.24) is 19.8 Å². The fraction of sp³-hybridized carbons (Fsp3) is 0.750. The maximum absolute atomic E-state index is 12.7. The minimum Gasteiger partial charge on any atom is -0.383 e. The van der Waals surface area contributed by atoms with Crippen molar-refractivity contribution in [3.63, 3.8) is 0 Å². The molecule has 8 nitrogen and oxygen atoms in total. The fourth-order valence-corrected chi connectivity index (χ4v) is 4.76. The maximum Gasteiger partial charge on any atom is 0.348 e. The van der Waals surface area contributed by atoms with E-state index in [-0.39, 0.29) is 17.3 Å². The Morgan fingerprint density at radius 2 is 2.03 bits per heavy atom. The normalized spacial score (nSPS) is 17.1. The summed E-state index contributed by atoms with van der Waals surface area (Å²) in [4.78, 5) is 31.5. The Balaban J connectivity index is 1.63. The van der Waals surface area contributed by atoms with Gasteiger partial charge < -0.3 is 14.8 Å². The number of nitrogens with one attached hydrogen (secondary N) is 1. The first kappa shape index (κ1) is 22.3. The molecular formula is C20H32N4O4S. The van der Waals surface area contributed by atoms with Crippen molar-refractivity contribution >= 4 is 17.7 Å². The second-order valence-electron chi connectivity index (χ2n) is 7.42. The van der Waals surface area contributed by atoms with E-state index < -0.39 is 0 Å². The van der Waals surface area contributed by atoms with Gasteiger partial charge in [0.05, 0.1) is 25.6 Å². The van der Waals surface area contributed by atoms with E-state index in [0.29, 0.717) is 19.7 Å². The van der Waals surface area contributed by atoms with Crippen molar-refractivity contribution in [2.24, 2.45) is 0 Å². The van der Waals surface area contributed by atoms with Crippen LogP contribution in [0.15, 0.2) is 9.82 Å². The summed E-state index contributed by atoms with van der Waals surface area (Å²) < 4.78 is 12.2. The lowest BCUT2D eigenvalue weighted by molar-refractivity contribution is -0.118. The summed E-state index contributed by atoms with van der Waals surface area (Å²) in [6.07, 6.45) is 4.98. The lowest BCUT2D eigenvalue weighted by atomic mass is 9.97. The topological polar surface area (TPSA) is 85.7 Å². The molecule has 0 unspecified atom stereocenters. The lowest BCUT2D eigenvalue weighted by Gasteiger charge is -2.27. The first-order valence-corrected chi connectivity index (χ1v) is 11.5. The minimum atomic E-state index is -0.185. The van der Waals surface area contributed by atoms with E-state index in [0.717, 1.165) is 81.2 Å². The quantitative estimate of drug-likeness (QED) is 0.336. The highest BCUT2D eigenvalue weighted by molar-refractivity contribution is 7.99. The number of nitrogens with zero attached hydrogens (tertiary/aromatic N) is 3. The Morgan fingerprint density at radius 3 is 2.83 bits per heavy atom. The summed E-state index contributed by atoms with van der Waals surface area (Å²) >= 11 is 1.37. The molecule has 1 aliphatic heterocycles. The Bertz CT molecular complexity index is 734. The molecule has 0 saturated carbocycles. The number of methoxy groups -OCH3 is 1. The number of morpholine rings is 1. The van der Waals surface area contributed by atoms with Crippen molar-refractivity contribution in [3.8, 4) is 0 Å². The largest absolute Gasteiger partial charge is 0.383 e. The monoisotopic (exact) mass is 424 g/mol. The SMILES string of the molecule is COCCNC(=O)CSc1nc(=O)n(CCCN2CCOCC2)c2c1CCCC2. The van der Waals surface area contributed by atoms with Gasteiger partial charge in [0.2, 0.25) is 5.91 Å². The molecule has 162 valence electrons. The van der Waals surface area contributed by atoms with Crippen LogP contribution in [0, 0.1) is 0 Å². The molecule has 3 rings (SSSR count). The molecule has 0 spiro atoms. The van der Waals surface area contributed by atoms with Gasteiger partial charge in [0, 0.05) is 51.1 Å². The zero-order chi connectivity index (χ0) is 20.5. The van der Waals surface area contributed by atoms with Crippen molar-refractivity contribution in [1.29, 1.82) is 0 Å². The molecule has 1 aliphatic carbocycles. The van der Waals surface area contributed by atoms with Gasteiger partial charge in [-0.15, -0.1) is 0 Å². The summed E-state index contributed by atoms with van der Waals surface area (Å²) in [6.45, 7) is 6.18. The minimum absolute atomic E-state index is 0.0619. The van der Waals surface area contributed by atoms with Crippen LogP contribution in [0.1, 0.15) is 30.5 Å². The summed E-state index contributed by atoms with van der Waals surface area (Å²) in [7, 11) is 1.60. The Morgan fingerprint density at radius 1 is 1.24 bits per heavy atom. The highest BCUT2D eigenvalue weighted by Crippen LogP contribution is 2.28. The van der Waals surface area contributed by atoms with E-state index in [4.69, 9.17) is 9.47 Å². The van der Waals surface area contributed by atoms with Crippen LogP contribution in [-0.4, -0.2) is 79.2 Å². The molecule has 1 N–H and O–H groups in total. The van der Waals surface area contributed by atoms with E-state index in [9.17, 15) is 9.59 Å². The first-order valence-electron chi connectivity index (χ1n) is 10.5. The zero-order valence-electron chi connectivity index (χ0n) is 17.3. The zero-order valence-corrected chi connectivity index (χ0v) is 18.1. The van der Waals surface area contributed by atoms with E-state index in [1.54, 1.807) is 7.11 Å². The van der Waals surface area contributed by atoms with Gasteiger partial charge in [0.15, 0.2) is 0 Å². The highest BCUT2D eigenvalue weighted by atomic mass is 32.2. The Labute approximate surface area is 176 Å². The van der Waals surface area contributed by atoms with Gasteiger partial charge in [0.1, 0.15) is 5.03 Å². The Kier molecular flexibility index (Phi) is 8.97. The number of thioether (sulfide) groups is 1. The summed E-state index contributed by atoms with van der Waals surface area (Å²) in [5.41, 5.74) is 2.10. The van der Waals surface area contributed by atoms with Gasteiger partial charge in [0.25, 0.3) is 0 Å². The van der Waals surface area contributed by atoms with Gasteiger partial charge in [-0.2, -0.15) is 4.98 Å². The molecule has 29 heavy (non-hydrogen) atoms. The van der Waals surface area contributed by atoms with Crippen molar-refractivity contribution in [2.45, 2.75) is 43.7 Å². The van der Waals surface area contributed by atoms with Crippen LogP contribution in [0.25, 0.3) is 0 Å². The summed E-state index contributed by atoms with van der Waals surface area (Å²) in [5, 5.41) is 3.54. The molecule has 0 bridgehead atoms. The second kappa shape index (κ2) is 11.7. The van der Waals surface area contributed by atoms with Crippen molar-refractivity contribution in [3.05, 3.63) is 21.7 Å². The molecule has 1 fully saturated rings. The first-order chi connectivity index (χ1) is 14.2. The Hall–Kier alpha value is -1.42. The van der Waals surface area contributed by atoms with E-state index in [1.807, 2.05) is 4.57 Å². The molecule has 0 atom stereocenters. The molecule has 2 heterocycles. The van der Waals surface area contributed by atoms with Crippen molar-refractivity contribution < 1.29 is 14.3 Å². The van der Waals surface area contributed by atoms with Crippen LogP contribution in [0.5, 0.6) is 0 Å². The second-order valence-corrected chi connectivity index (χ2v) is 8.39. The van der Waals surface area contributed by atoms with Crippen LogP contribution in [-0.2, 0) is 33.7 Å². The molecular weight excluding hydrogens is 392 g/mol. The van der Waals surface area contributed by atoms with Gasteiger partial charge in [-0.3, -0.25) is 14.3 Å². The number of carbonyl (C=O) groups excluding carboxylic acids is 1. The van der Waals surface area contributed by atoms with Crippen LogP contribution in [0.2, 0.25) is 0 Å². The predicted molar refractivity (Wildman–Crippen MR) is 113 cm³/mol. The highest BCUT2D eigenvalue weighted by Gasteiger charge is 2.21. The smallest absolute Gasteiger partial charge is 0.348 e. The molecule has 1 amide bonds. The third-order valence-corrected chi connectivity index (χ3v) is 6.40. The molecule has 9 heteroatoms. The molecule has 1 aromatic heterocycles. The average Bonchev–Trinajstić information content (AvgIpc) is 2.75. The number of hydrogen-bond donors (Lipinski definition) is 1. The van der Waals surface area contributed by atoms with E-state index in [2.05, 4.69) is 15.2 Å². The number of carbonyl (C=O) groups is 1. The van der Waals surface area contributed by atoms with Gasteiger partial charge in [-0.05, 0) is 32.1 Å². The molecule has 1 aromatic rings. The molecule has 1 saturated heterocycles. The molecule has 0 radical (unpaired) electrons. The standard InChI is InChI=1S/C20H32N4O4S/c1-27-12-7-21-18(25)15-29-19-16-5-2-3-6-17(16)24(20(26)22-19)9-4-8-23-10-13-28-14-11-23/h2-15H2,1H3,(H,21,25). The lowest BCUT2D eigenvalue weighted by Crippen LogP contribution is -2.38. The number of aromatic nitrogens is 2.